The lowest BCUT2D eigenvalue weighted by atomic mass is 10.1. The molecule has 0 amide bonds. The van der Waals surface area contributed by atoms with Crippen LogP contribution in [0.4, 0.5) is 0 Å². The summed E-state index contributed by atoms with van der Waals surface area (Å²) in [6.45, 7) is 5.54. The summed E-state index contributed by atoms with van der Waals surface area (Å²) in [5.74, 6) is 0.646. The van der Waals surface area contributed by atoms with Crippen molar-refractivity contribution in [2.45, 2.75) is 70.2 Å². The predicted octanol–water partition coefficient (Wildman–Crippen LogP) is 4.97. The fourth-order valence-corrected chi connectivity index (χ4v) is 4.72. The van der Waals surface area contributed by atoms with Crippen LogP contribution in [-0.2, 0) is 23.7 Å². The molecular weight excluding hydrogens is 564 g/mol. The maximum absolute atomic E-state index is 12.8. The number of hydrogen-bond donors (Lipinski definition) is 1. The standard InChI is InChI=1S/C34H38N2O8/c1-3-5-15-39-27-11-7-23(8-12-27)17-25(19-35)33(37)43-29-21-41-32-30(22-42-31(29)32)44-34(38)26(20-36)18-24-9-13-28(14-10-24)40-16-6-4-2/h7-14,17-18,29-33,37H,3-6,15-16,21-22H2,1-2H3/b25-17+,26-18+/t29-,30+,31+,32+,33?/m0/s1. The number of unbranched alkanes of at least 4 members (excludes halogenated alkanes) is 2. The third-order valence-electron chi connectivity index (χ3n) is 7.19. The van der Waals surface area contributed by atoms with E-state index in [1.165, 1.54) is 12.2 Å². The van der Waals surface area contributed by atoms with Gasteiger partial charge in [0.2, 0.25) is 0 Å². The molecule has 2 aliphatic rings. The quantitative estimate of drug-likeness (QED) is 0.0977. The normalized spacial score (nSPS) is 22.0. The van der Waals surface area contributed by atoms with Gasteiger partial charge >= 0.3 is 5.97 Å². The Morgan fingerprint density at radius 2 is 1.39 bits per heavy atom. The number of carbonyl (C=O) groups excluding carboxylic acids is 1. The third kappa shape index (κ3) is 8.91. The molecule has 5 atom stereocenters. The first-order chi connectivity index (χ1) is 21.4. The zero-order chi connectivity index (χ0) is 31.3. The summed E-state index contributed by atoms with van der Waals surface area (Å²) in [6, 6.07) is 18.2. The van der Waals surface area contributed by atoms with Crippen LogP contribution < -0.4 is 9.47 Å². The van der Waals surface area contributed by atoms with Crippen LogP contribution in [0.15, 0.2) is 59.7 Å². The van der Waals surface area contributed by atoms with Crippen LogP contribution in [0.3, 0.4) is 0 Å². The van der Waals surface area contributed by atoms with E-state index in [9.17, 15) is 20.4 Å². The molecule has 0 aliphatic carbocycles. The van der Waals surface area contributed by atoms with Gasteiger partial charge in [-0.15, -0.1) is 0 Å². The highest BCUT2D eigenvalue weighted by Crippen LogP contribution is 2.32. The van der Waals surface area contributed by atoms with E-state index in [4.69, 9.17) is 28.4 Å². The van der Waals surface area contributed by atoms with Crippen molar-refractivity contribution in [1.29, 1.82) is 10.5 Å². The monoisotopic (exact) mass is 602 g/mol. The van der Waals surface area contributed by atoms with Crippen molar-refractivity contribution < 1.29 is 38.3 Å². The minimum Gasteiger partial charge on any atom is -0.494 e. The van der Waals surface area contributed by atoms with Crippen molar-refractivity contribution >= 4 is 18.1 Å². The van der Waals surface area contributed by atoms with E-state index >= 15 is 0 Å². The highest BCUT2D eigenvalue weighted by atomic mass is 16.7. The molecule has 2 saturated heterocycles. The van der Waals surface area contributed by atoms with Crippen LogP contribution in [0.1, 0.15) is 50.7 Å². The number of ether oxygens (including phenoxy) is 6. The smallest absolute Gasteiger partial charge is 0.349 e. The lowest BCUT2D eigenvalue weighted by molar-refractivity contribution is -0.150. The molecule has 2 heterocycles. The molecule has 10 heteroatoms. The van der Waals surface area contributed by atoms with Crippen LogP contribution in [0.5, 0.6) is 11.5 Å². The fraction of sp³-hybridized carbons (Fsp3) is 0.441. The van der Waals surface area contributed by atoms with E-state index in [0.717, 1.165) is 31.4 Å². The van der Waals surface area contributed by atoms with Crippen molar-refractivity contribution in [3.63, 3.8) is 0 Å². The second-order valence-corrected chi connectivity index (χ2v) is 10.5. The Morgan fingerprint density at radius 1 is 0.864 bits per heavy atom. The SMILES string of the molecule is CCCCOc1ccc(/C=C(\C#N)C(=O)O[C@@H]2CO[C@H]3[C@@H]2OC[C@@H]3OC(O)/C(C#N)=C/c2ccc(OCCCC)cc2)cc1. The van der Waals surface area contributed by atoms with Crippen molar-refractivity contribution in [3.8, 4) is 23.6 Å². The molecule has 2 aromatic rings. The first-order valence-electron chi connectivity index (χ1n) is 14.9. The van der Waals surface area contributed by atoms with Crippen molar-refractivity contribution in [3.05, 3.63) is 70.8 Å². The summed E-state index contributed by atoms with van der Waals surface area (Å²) >= 11 is 0. The molecule has 1 N–H and O–H groups in total. The first-order valence-corrected chi connectivity index (χ1v) is 14.9. The summed E-state index contributed by atoms with van der Waals surface area (Å²) in [6.07, 6.45) is 2.72. The molecule has 2 aromatic carbocycles. The summed E-state index contributed by atoms with van der Waals surface area (Å²) in [7, 11) is 0. The van der Waals surface area contributed by atoms with Crippen LogP contribution in [0.25, 0.3) is 12.2 Å². The molecule has 4 rings (SSSR count). The first kappa shape index (κ1) is 32.7. The Morgan fingerprint density at radius 3 is 1.91 bits per heavy atom. The number of hydrogen-bond acceptors (Lipinski definition) is 10. The van der Waals surface area contributed by atoms with Crippen molar-refractivity contribution in [1.82, 2.24) is 0 Å². The molecule has 0 spiro atoms. The van der Waals surface area contributed by atoms with E-state index in [-0.39, 0.29) is 24.4 Å². The molecular formula is C34H38N2O8. The molecule has 44 heavy (non-hydrogen) atoms. The number of esters is 1. The van der Waals surface area contributed by atoms with Gasteiger partial charge in [-0.25, -0.2) is 4.79 Å². The largest absolute Gasteiger partial charge is 0.494 e. The third-order valence-corrected chi connectivity index (χ3v) is 7.19. The number of aliphatic hydroxyl groups excluding tert-OH is 1. The van der Waals surface area contributed by atoms with Gasteiger partial charge < -0.3 is 33.5 Å². The van der Waals surface area contributed by atoms with E-state index in [2.05, 4.69) is 13.8 Å². The van der Waals surface area contributed by atoms with Crippen LogP contribution in [0.2, 0.25) is 0 Å². The lowest BCUT2D eigenvalue weighted by Crippen LogP contribution is -2.37. The minimum atomic E-state index is -1.52. The summed E-state index contributed by atoms with van der Waals surface area (Å²) in [4.78, 5) is 12.8. The van der Waals surface area contributed by atoms with Gasteiger partial charge in [-0.3, -0.25) is 0 Å². The highest BCUT2D eigenvalue weighted by Gasteiger charge is 2.51. The predicted molar refractivity (Wildman–Crippen MR) is 161 cm³/mol. The lowest BCUT2D eigenvalue weighted by Gasteiger charge is -2.20. The molecule has 0 bridgehead atoms. The van der Waals surface area contributed by atoms with Crippen LogP contribution in [0, 0.1) is 22.7 Å². The van der Waals surface area contributed by atoms with Crippen LogP contribution >= 0.6 is 0 Å². The van der Waals surface area contributed by atoms with Gasteiger partial charge in [0.25, 0.3) is 0 Å². The number of nitrogens with zero attached hydrogens (tertiary/aromatic N) is 2. The maximum atomic E-state index is 12.8. The van der Waals surface area contributed by atoms with Crippen LogP contribution in [-0.4, -0.2) is 68.2 Å². The van der Waals surface area contributed by atoms with Crippen molar-refractivity contribution in [2.24, 2.45) is 0 Å². The van der Waals surface area contributed by atoms with Gasteiger partial charge in [-0.1, -0.05) is 51.0 Å². The van der Waals surface area contributed by atoms with Gasteiger partial charge in [-0.2, -0.15) is 10.5 Å². The number of fused-ring (bicyclic) bond motifs is 1. The molecule has 0 aromatic heterocycles. The van der Waals surface area contributed by atoms with E-state index in [0.29, 0.717) is 30.1 Å². The van der Waals surface area contributed by atoms with E-state index in [1.54, 1.807) is 48.5 Å². The van der Waals surface area contributed by atoms with E-state index < -0.39 is 36.7 Å². The second-order valence-electron chi connectivity index (χ2n) is 10.5. The number of benzene rings is 2. The molecule has 10 nitrogen and oxygen atoms in total. The van der Waals surface area contributed by atoms with Gasteiger partial charge in [0.05, 0.1) is 32.0 Å². The molecule has 0 saturated carbocycles. The maximum Gasteiger partial charge on any atom is 0.349 e. The molecule has 0 radical (unpaired) electrons. The molecule has 232 valence electrons. The number of nitriles is 2. The minimum absolute atomic E-state index is 0.0124. The van der Waals surface area contributed by atoms with E-state index in [1.807, 2.05) is 12.1 Å². The average Bonchev–Trinajstić information content (AvgIpc) is 3.63. The average molecular weight is 603 g/mol. The Labute approximate surface area is 258 Å². The Hall–Kier alpha value is -4.19. The van der Waals surface area contributed by atoms with Gasteiger partial charge in [0.15, 0.2) is 12.4 Å². The summed E-state index contributed by atoms with van der Waals surface area (Å²) in [5, 5.41) is 30.0. The number of aliphatic hydroxyl groups is 1. The Kier molecular flexibility index (Phi) is 12.3. The highest BCUT2D eigenvalue weighted by molar-refractivity contribution is 5.98. The molecule has 2 aliphatic heterocycles. The number of rotatable bonds is 15. The fourth-order valence-electron chi connectivity index (χ4n) is 4.72. The van der Waals surface area contributed by atoms with Gasteiger partial charge in [-0.05, 0) is 60.4 Å². The Bertz CT molecular complexity index is 1370. The van der Waals surface area contributed by atoms with Gasteiger partial charge in [0, 0.05) is 0 Å². The topological polar surface area (TPSA) is 140 Å². The molecule has 2 fully saturated rings. The second kappa shape index (κ2) is 16.6. The van der Waals surface area contributed by atoms with Crippen molar-refractivity contribution in [2.75, 3.05) is 26.4 Å². The summed E-state index contributed by atoms with van der Waals surface area (Å²) in [5.41, 5.74) is 1.20. The molecule has 1 unspecified atom stereocenters. The zero-order valence-electron chi connectivity index (χ0n) is 25.0. The summed E-state index contributed by atoms with van der Waals surface area (Å²) < 4.78 is 34.3. The van der Waals surface area contributed by atoms with Gasteiger partial charge in [0.1, 0.15) is 47.5 Å². The zero-order valence-corrected chi connectivity index (χ0v) is 25.0. The Balaban J connectivity index is 1.31. The number of carbonyl (C=O) groups is 1.